The zero-order chi connectivity index (χ0) is 4.83. The van der Waals surface area contributed by atoms with Crippen LogP contribution in [-0.2, 0) is 0 Å². The van der Waals surface area contributed by atoms with Gasteiger partial charge in [-0.3, -0.25) is 0 Å². The molecule has 0 aliphatic carbocycles. The predicted molar refractivity (Wildman–Crippen MR) is 49.8 cm³/mol. The minimum absolute atomic E-state index is 0. The minimum atomic E-state index is 0. The van der Waals surface area contributed by atoms with Crippen LogP contribution in [0.1, 0.15) is 65.2 Å². The van der Waals surface area contributed by atoms with E-state index >= 15 is 0 Å². The molecule has 0 fully saturated rings. The monoisotopic (exact) mass is 518 g/mol. The third kappa shape index (κ3) is 138. The van der Waals surface area contributed by atoms with E-state index in [2.05, 4.69) is 13.8 Å². The first-order valence-corrected chi connectivity index (χ1v) is 2.91. The first-order valence-electron chi connectivity index (χ1n) is 2.91. The summed E-state index contributed by atoms with van der Waals surface area (Å²) in [6.07, 6.45) is 5.54. The van der Waals surface area contributed by atoms with Crippen LogP contribution in [-0.4, -0.2) is 0 Å². The molecule has 74 valence electrons. The van der Waals surface area contributed by atoms with Gasteiger partial charge >= 0.3 is 532 Å². The van der Waals surface area contributed by atoms with Gasteiger partial charge in [-0.1, -0.05) is 39.5 Å². The van der Waals surface area contributed by atoms with Crippen LogP contribution in [0.25, 0.3) is 0 Å². The van der Waals surface area contributed by atoms with E-state index in [1.807, 2.05) is 0 Å². The Bertz CT molecular complexity index is 72.9. The summed E-state index contributed by atoms with van der Waals surface area (Å²) >= 11 is 0. The van der Waals surface area contributed by atoms with Gasteiger partial charge in [0.1, 0.15) is 0 Å². The molecule has 0 saturated heterocycles. The first-order chi connectivity index (χ1) is 2.91. The molecule has 0 N–H and O–H groups in total. The summed E-state index contributed by atoms with van der Waals surface area (Å²) in [4.78, 5) is 0. The number of hydrogen-bond donors (Lipinski definition) is 0. The average molecular weight is 518 g/mol. The molecule has 0 aromatic carbocycles. The molecular weight excluding hydrogens is 486 g/mol. The predicted octanol–water partition coefficient (Wildman–Crippen LogP) is -49.3. The largest absolute Gasteiger partial charge is 1.00 e. The van der Waals surface area contributed by atoms with E-state index in [-0.39, 0.29) is 558 Å². The molecule has 24 heavy (non-hydrogen) atoms. The van der Waals surface area contributed by atoms with Crippen LogP contribution in [0.5, 0.6) is 0 Å². The summed E-state index contributed by atoms with van der Waals surface area (Å²) in [6.45, 7) is 4.46. The molecule has 0 radical (unpaired) electrons. The van der Waals surface area contributed by atoms with Gasteiger partial charge in [-0.15, -0.1) is 0 Å². The van der Waals surface area contributed by atoms with Crippen molar-refractivity contribution in [3.63, 3.8) is 0 Å². The third-order valence-electron chi connectivity index (χ3n) is 0.957. The van der Waals surface area contributed by atoms with Gasteiger partial charge in [0, 0.05) is 0 Å². The number of rotatable bonds is 3. The molecular formula is C6H32Na18. The fourth-order valence-corrected chi connectivity index (χ4v) is 0.500. The molecule has 0 amide bonds. The molecule has 0 unspecified atom stereocenters. The Labute approximate surface area is 579 Å². The van der Waals surface area contributed by atoms with Gasteiger partial charge < -0.3 is 25.7 Å². The topological polar surface area (TPSA) is 0 Å². The van der Waals surface area contributed by atoms with E-state index in [1.54, 1.807) is 0 Å². The Morgan fingerprint density at radius 1 is 0.292 bits per heavy atom. The molecule has 0 aromatic rings. The minimum Gasteiger partial charge on any atom is -1.00 e. The van der Waals surface area contributed by atoms with Crippen LogP contribution in [0.4, 0.5) is 0 Å². The van der Waals surface area contributed by atoms with Gasteiger partial charge in [-0.2, -0.15) is 0 Å². The molecule has 0 aromatic heterocycles. The van der Waals surface area contributed by atoms with Crippen molar-refractivity contribution in [1.82, 2.24) is 0 Å². The summed E-state index contributed by atoms with van der Waals surface area (Å²) in [7, 11) is 0. The van der Waals surface area contributed by atoms with Crippen LogP contribution >= 0.6 is 0 Å². The van der Waals surface area contributed by atoms with Gasteiger partial charge in [0.2, 0.25) is 0 Å². The molecule has 0 nitrogen and oxygen atoms in total. The maximum absolute atomic E-state index is 2.23. The second-order valence-electron chi connectivity index (χ2n) is 1.71. The van der Waals surface area contributed by atoms with Crippen molar-refractivity contribution in [3.8, 4) is 0 Å². The molecule has 0 atom stereocenters. The zero-order valence-electron chi connectivity index (χ0n) is 40.8. The molecule has 0 spiro atoms. The van der Waals surface area contributed by atoms with Crippen molar-refractivity contribution in [3.05, 3.63) is 0 Å². The van der Waals surface area contributed by atoms with Crippen molar-refractivity contribution in [2.45, 2.75) is 39.5 Å². The Kier molecular flexibility index (Phi) is 754. The molecule has 0 saturated carbocycles. The maximum Gasteiger partial charge on any atom is 1.00 e. The van der Waals surface area contributed by atoms with Crippen LogP contribution in [0.15, 0.2) is 0 Å². The standard InChI is InChI=1S/C6H14.18Na.18H/c1-3-5-6-4-2;;;;;;;;;;;;;;;;;;;;;;;;;;;;;;;;;;;;/h3-6H2,1-2H3;;;;;;;;;;;;;;;;;;;;;;;;;;;;;;;;;;;;/q;18*+1;18*-1. The third-order valence-corrected chi connectivity index (χ3v) is 0.957. The molecule has 0 heterocycles. The van der Waals surface area contributed by atoms with Gasteiger partial charge in [-0.05, 0) is 0 Å². The molecule has 0 bridgehead atoms. The van der Waals surface area contributed by atoms with Crippen molar-refractivity contribution >= 4 is 0 Å². The maximum atomic E-state index is 2.23. The van der Waals surface area contributed by atoms with Crippen LogP contribution < -0.4 is 532 Å². The SMILES string of the molecule is CCCCCC.[H-].[H-].[H-].[H-].[H-].[H-].[H-].[H-].[H-].[H-].[H-].[H-].[H-].[H-].[H-].[H-].[H-].[H-].[Na+].[Na+].[Na+].[Na+].[Na+].[Na+].[Na+].[Na+].[Na+].[Na+].[Na+].[Na+].[Na+].[Na+].[Na+].[Na+].[Na+].[Na+]. The van der Waals surface area contributed by atoms with Gasteiger partial charge in [0.05, 0.1) is 0 Å². The fourth-order valence-electron chi connectivity index (χ4n) is 0.500. The van der Waals surface area contributed by atoms with Gasteiger partial charge in [-0.25, -0.2) is 0 Å². The van der Waals surface area contributed by atoms with Crippen molar-refractivity contribution in [2.24, 2.45) is 0 Å². The van der Waals surface area contributed by atoms with E-state index in [9.17, 15) is 0 Å². The van der Waals surface area contributed by atoms with Crippen molar-refractivity contribution < 1.29 is 558 Å². The summed E-state index contributed by atoms with van der Waals surface area (Å²) in [5, 5.41) is 0. The van der Waals surface area contributed by atoms with E-state index in [0.29, 0.717) is 0 Å². The first kappa shape index (κ1) is 133. The smallest absolute Gasteiger partial charge is 1.00 e. The Morgan fingerprint density at radius 2 is 0.375 bits per heavy atom. The second-order valence-corrected chi connectivity index (χ2v) is 1.71. The summed E-state index contributed by atoms with van der Waals surface area (Å²) in [5.41, 5.74) is 0. The summed E-state index contributed by atoms with van der Waals surface area (Å²) in [6, 6.07) is 0. The number of unbranched alkanes of at least 4 members (excludes halogenated alkanes) is 3. The van der Waals surface area contributed by atoms with E-state index in [4.69, 9.17) is 0 Å². The quantitative estimate of drug-likeness (QED) is 0.258. The van der Waals surface area contributed by atoms with Gasteiger partial charge in [0.25, 0.3) is 0 Å². The average Bonchev–Trinajstić information content (AvgIpc) is 1.61. The van der Waals surface area contributed by atoms with Crippen LogP contribution in [0.3, 0.4) is 0 Å². The van der Waals surface area contributed by atoms with E-state index in [0.717, 1.165) is 0 Å². The Morgan fingerprint density at radius 3 is 0.417 bits per heavy atom. The Hall–Kier alpha value is 18.0. The van der Waals surface area contributed by atoms with Gasteiger partial charge in [0.15, 0.2) is 0 Å². The zero-order valence-corrected chi connectivity index (χ0v) is 58.8. The molecule has 0 aliphatic rings. The molecule has 18 heteroatoms. The van der Waals surface area contributed by atoms with Crippen LogP contribution in [0.2, 0.25) is 0 Å². The van der Waals surface area contributed by atoms with Crippen LogP contribution in [0, 0.1) is 0 Å². The summed E-state index contributed by atoms with van der Waals surface area (Å²) in [5.74, 6) is 0. The molecule has 0 rings (SSSR count). The van der Waals surface area contributed by atoms with Crippen molar-refractivity contribution in [2.75, 3.05) is 0 Å². The fraction of sp³-hybridized carbons (Fsp3) is 1.00. The van der Waals surface area contributed by atoms with Crippen molar-refractivity contribution in [1.29, 1.82) is 0 Å². The number of hydrogen-bond acceptors (Lipinski definition) is 0. The second kappa shape index (κ2) is 136. The Balaban J connectivity index is -0.000000000198. The normalized spacial score (nSPS) is 2.25. The summed E-state index contributed by atoms with van der Waals surface area (Å²) < 4.78 is 0. The van der Waals surface area contributed by atoms with E-state index in [1.165, 1.54) is 25.7 Å². The molecule has 0 aliphatic heterocycles. The van der Waals surface area contributed by atoms with E-state index < -0.39 is 0 Å².